The Morgan fingerprint density at radius 2 is 0.964 bits per heavy atom. The van der Waals surface area contributed by atoms with Gasteiger partial charge in [0.1, 0.15) is 0 Å². The summed E-state index contributed by atoms with van der Waals surface area (Å²) in [5.74, 6) is 0. The monoisotopic (exact) mass is 733 g/mol. The number of fused-ring (bicyclic) bond motifs is 6. The van der Waals surface area contributed by atoms with Crippen molar-refractivity contribution in [3.8, 4) is 33.4 Å². The number of benzene rings is 8. The summed E-state index contributed by atoms with van der Waals surface area (Å²) < 4.78 is 2.20. The first-order valence-corrected chi connectivity index (χ1v) is 19.8. The number of hydrogen-bond donors (Lipinski definition) is 0. The summed E-state index contributed by atoms with van der Waals surface area (Å²) in [4.78, 5) is 31.5. The van der Waals surface area contributed by atoms with E-state index in [9.17, 15) is 9.59 Å². The third-order valence-corrected chi connectivity index (χ3v) is 12.7. The van der Waals surface area contributed by atoms with Crippen molar-refractivity contribution in [2.45, 2.75) is 16.7 Å². The molecule has 56 heavy (non-hydrogen) atoms. The first kappa shape index (κ1) is 32.7. The van der Waals surface area contributed by atoms with E-state index in [4.69, 9.17) is 0 Å². The molecule has 0 fully saturated rings. The highest BCUT2D eigenvalue weighted by molar-refractivity contribution is 8.00. The van der Waals surface area contributed by atoms with Gasteiger partial charge in [-0.2, -0.15) is 0 Å². The van der Waals surface area contributed by atoms with Crippen LogP contribution in [0, 0.1) is 6.92 Å². The molecule has 3 heterocycles. The largest absolute Gasteiger partial charge is 0.307 e. The first-order valence-electron chi connectivity index (χ1n) is 19.0. The zero-order chi connectivity index (χ0) is 37.5. The molecule has 5 heteroatoms. The van der Waals surface area contributed by atoms with E-state index in [0.717, 1.165) is 43.6 Å². The van der Waals surface area contributed by atoms with Crippen LogP contribution in [0.25, 0.3) is 71.5 Å². The van der Waals surface area contributed by atoms with Gasteiger partial charge in [0.05, 0.1) is 16.6 Å². The van der Waals surface area contributed by atoms with Gasteiger partial charge in [-0.1, -0.05) is 174 Å². The SMILES string of the molecule is Cc1cc(-c2ccccc2)c(B2c3ccccc3Sc3cc4c(cc32)c(=O)c2cccc3c(=O)c5cccc(-c6ccccc6)c5n4c23)c(-c2ccccc2)c1. The first-order chi connectivity index (χ1) is 27.5. The summed E-state index contributed by atoms with van der Waals surface area (Å²) in [6.45, 7) is 2.00. The van der Waals surface area contributed by atoms with Gasteiger partial charge in [-0.15, -0.1) is 0 Å². The lowest BCUT2D eigenvalue weighted by Crippen LogP contribution is -2.56. The van der Waals surface area contributed by atoms with Gasteiger partial charge < -0.3 is 4.40 Å². The van der Waals surface area contributed by atoms with E-state index in [1.807, 2.05) is 48.5 Å². The number of pyridine rings is 2. The minimum absolute atomic E-state index is 0.0651. The second kappa shape index (κ2) is 12.7. The molecule has 0 saturated heterocycles. The molecule has 0 atom stereocenters. The fourth-order valence-electron chi connectivity index (χ4n) is 9.11. The van der Waals surface area contributed by atoms with Crippen molar-refractivity contribution in [1.29, 1.82) is 0 Å². The molecule has 0 N–H and O–H groups in total. The van der Waals surface area contributed by atoms with Crippen LogP contribution >= 0.6 is 11.8 Å². The fraction of sp³-hybridized carbons (Fsp3) is 0.0196. The van der Waals surface area contributed by atoms with Gasteiger partial charge in [0.25, 0.3) is 0 Å². The van der Waals surface area contributed by atoms with E-state index in [1.165, 1.54) is 32.5 Å². The molecule has 0 bridgehead atoms. The van der Waals surface area contributed by atoms with E-state index >= 15 is 0 Å². The van der Waals surface area contributed by atoms with Crippen molar-refractivity contribution in [1.82, 2.24) is 4.40 Å². The van der Waals surface area contributed by atoms with Gasteiger partial charge in [0, 0.05) is 36.9 Å². The van der Waals surface area contributed by atoms with Crippen LogP contribution in [0.4, 0.5) is 0 Å². The van der Waals surface area contributed by atoms with Gasteiger partial charge in [0.15, 0.2) is 10.9 Å². The summed E-state index contributed by atoms with van der Waals surface area (Å²) in [6.07, 6.45) is 0. The molecule has 0 radical (unpaired) electrons. The van der Waals surface area contributed by atoms with Gasteiger partial charge in [-0.25, -0.2) is 0 Å². The highest BCUT2D eigenvalue weighted by Gasteiger charge is 2.36. The molecule has 1 aliphatic heterocycles. The molecule has 11 rings (SSSR count). The number of aromatic nitrogens is 1. The van der Waals surface area contributed by atoms with Crippen molar-refractivity contribution >= 4 is 73.0 Å². The molecular formula is C51H32BNO2S. The fourth-order valence-corrected chi connectivity index (χ4v) is 10.3. The number of para-hydroxylation sites is 2. The van der Waals surface area contributed by atoms with Crippen LogP contribution in [0.3, 0.4) is 0 Å². The normalized spacial score (nSPS) is 12.4. The Balaban J connectivity index is 1.31. The second-order valence-electron chi connectivity index (χ2n) is 14.7. The summed E-state index contributed by atoms with van der Waals surface area (Å²) in [5, 5.41) is 2.36. The Labute approximate surface area is 328 Å². The quantitative estimate of drug-likeness (QED) is 0.103. The number of nitrogens with zero attached hydrogens (tertiary/aromatic N) is 1. The Morgan fingerprint density at radius 1 is 0.446 bits per heavy atom. The standard InChI is InChI=1S/C51H32BNO2S/c1-31-27-39(33-17-7-3-8-18-33)47(40(28-31)34-19-9-4-10-20-34)52-42-25-11-12-26-45(42)56-46-30-44-41(29-43(46)52)51(55)38-24-14-23-37-49(38)53(44)48-35(32-15-5-2-6-16-32)21-13-22-36(48)50(37)54/h2-30H,1H3. The van der Waals surface area contributed by atoms with Crippen molar-refractivity contribution in [3.63, 3.8) is 0 Å². The van der Waals surface area contributed by atoms with Crippen molar-refractivity contribution < 1.29 is 0 Å². The third kappa shape index (κ3) is 4.87. The number of rotatable bonds is 4. The second-order valence-corrected chi connectivity index (χ2v) is 15.8. The van der Waals surface area contributed by atoms with Gasteiger partial charge >= 0.3 is 0 Å². The Hall–Kier alpha value is -6.69. The van der Waals surface area contributed by atoms with Crippen molar-refractivity contribution in [3.05, 3.63) is 202 Å². The maximum Gasteiger partial charge on any atom is 0.245 e. The predicted molar refractivity (Wildman–Crippen MR) is 236 cm³/mol. The van der Waals surface area contributed by atoms with Gasteiger partial charge in [-0.05, 0) is 70.6 Å². The van der Waals surface area contributed by atoms with E-state index in [1.54, 1.807) is 11.8 Å². The van der Waals surface area contributed by atoms with Crippen LogP contribution in [0.1, 0.15) is 5.56 Å². The lowest BCUT2D eigenvalue weighted by atomic mass is 9.34. The van der Waals surface area contributed by atoms with E-state index in [0.29, 0.717) is 27.1 Å². The van der Waals surface area contributed by atoms with E-state index in [2.05, 4.69) is 139 Å². The Kier molecular flexibility index (Phi) is 7.42. The molecule has 0 spiro atoms. The molecule has 3 nitrogen and oxygen atoms in total. The highest BCUT2D eigenvalue weighted by atomic mass is 32.2. The lowest BCUT2D eigenvalue weighted by Gasteiger charge is -2.30. The molecule has 262 valence electrons. The molecule has 0 aliphatic carbocycles. The summed E-state index contributed by atoms with van der Waals surface area (Å²) >= 11 is 1.76. The molecule has 0 amide bonds. The van der Waals surface area contributed by atoms with Crippen molar-refractivity contribution in [2.24, 2.45) is 0 Å². The van der Waals surface area contributed by atoms with Crippen molar-refractivity contribution in [2.75, 3.05) is 0 Å². The average Bonchev–Trinajstić information content (AvgIpc) is 3.25. The molecule has 0 unspecified atom stereocenters. The van der Waals surface area contributed by atoms with Crippen LogP contribution in [0.5, 0.6) is 0 Å². The molecule has 10 aromatic rings. The summed E-state index contributed by atoms with van der Waals surface area (Å²) in [5.41, 5.74) is 13.5. The van der Waals surface area contributed by atoms with E-state index < -0.39 is 0 Å². The van der Waals surface area contributed by atoms with Crippen LogP contribution in [0.2, 0.25) is 0 Å². The maximum atomic E-state index is 15.0. The number of aryl methyl sites for hydroxylation is 1. The Morgan fingerprint density at radius 3 is 1.59 bits per heavy atom. The average molecular weight is 734 g/mol. The topological polar surface area (TPSA) is 38.5 Å². The maximum absolute atomic E-state index is 15.0. The lowest BCUT2D eigenvalue weighted by molar-refractivity contribution is 1.29. The number of hydrogen-bond acceptors (Lipinski definition) is 3. The van der Waals surface area contributed by atoms with E-state index in [-0.39, 0.29) is 17.6 Å². The highest BCUT2D eigenvalue weighted by Crippen LogP contribution is 2.38. The molecule has 2 aromatic heterocycles. The van der Waals surface area contributed by atoms with Gasteiger partial charge in [0.2, 0.25) is 6.71 Å². The van der Waals surface area contributed by atoms with Gasteiger partial charge in [-0.3, -0.25) is 9.59 Å². The molecular weight excluding hydrogens is 701 g/mol. The predicted octanol–water partition coefficient (Wildman–Crippen LogP) is 9.85. The zero-order valence-corrected chi connectivity index (χ0v) is 31.3. The summed E-state index contributed by atoms with van der Waals surface area (Å²) in [7, 11) is 0. The molecule has 8 aromatic carbocycles. The van der Waals surface area contributed by atoms with Crippen LogP contribution in [-0.2, 0) is 0 Å². The molecule has 0 saturated carbocycles. The molecule has 1 aliphatic rings. The summed E-state index contributed by atoms with van der Waals surface area (Å²) in [6, 6.07) is 60.8. The Bertz CT molecular complexity index is 3270. The minimum atomic E-state index is -0.172. The third-order valence-electron chi connectivity index (χ3n) is 11.5. The zero-order valence-electron chi connectivity index (χ0n) is 30.5. The van der Waals surface area contributed by atoms with Crippen LogP contribution in [0.15, 0.2) is 195 Å². The van der Waals surface area contributed by atoms with Crippen LogP contribution in [-0.4, -0.2) is 11.1 Å². The minimum Gasteiger partial charge on any atom is -0.307 e. The smallest absolute Gasteiger partial charge is 0.245 e. The van der Waals surface area contributed by atoms with Crippen LogP contribution < -0.4 is 27.2 Å².